The second kappa shape index (κ2) is 5.70. The molecule has 4 heteroatoms. The molecule has 0 radical (unpaired) electrons. The lowest BCUT2D eigenvalue weighted by Crippen LogP contribution is -2.55. The van der Waals surface area contributed by atoms with Gasteiger partial charge in [0.1, 0.15) is 5.82 Å². The van der Waals surface area contributed by atoms with E-state index in [-0.39, 0.29) is 11.7 Å². The molecule has 0 heterocycles. The Balaban J connectivity index is 2.49. The number of benzene rings is 1. The summed E-state index contributed by atoms with van der Waals surface area (Å²) in [5, 5.41) is 2.88. The smallest absolute Gasteiger partial charge is 0.227 e. The standard InChI is InChI=1S/C15H23FN2O/c1-14(2,15(3,4)17)13(19)18-10-9-11-5-7-12(16)8-6-11/h5-8H,9-10,17H2,1-4H3,(H,18,19). The van der Waals surface area contributed by atoms with Gasteiger partial charge in [0.25, 0.3) is 0 Å². The second-order valence-corrected chi connectivity index (χ2v) is 5.98. The van der Waals surface area contributed by atoms with Crippen LogP contribution in [0.25, 0.3) is 0 Å². The molecule has 0 spiro atoms. The molecule has 1 aromatic rings. The summed E-state index contributed by atoms with van der Waals surface area (Å²) < 4.78 is 12.7. The highest BCUT2D eigenvalue weighted by Crippen LogP contribution is 2.28. The van der Waals surface area contributed by atoms with Crippen LogP contribution in [0.2, 0.25) is 0 Å². The Hall–Kier alpha value is -1.42. The van der Waals surface area contributed by atoms with Crippen molar-refractivity contribution in [2.24, 2.45) is 11.1 Å². The maximum absolute atomic E-state index is 12.7. The highest BCUT2D eigenvalue weighted by molar-refractivity contribution is 5.83. The predicted molar refractivity (Wildman–Crippen MR) is 75.2 cm³/mol. The minimum atomic E-state index is -0.643. The fourth-order valence-corrected chi connectivity index (χ4v) is 1.49. The first-order valence-corrected chi connectivity index (χ1v) is 6.46. The van der Waals surface area contributed by atoms with Crippen molar-refractivity contribution in [3.63, 3.8) is 0 Å². The summed E-state index contributed by atoms with van der Waals surface area (Å²) in [6.07, 6.45) is 0.674. The molecule has 3 nitrogen and oxygen atoms in total. The van der Waals surface area contributed by atoms with Crippen LogP contribution in [0.1, 0.15) is 33.3 Å². The molecule has 0 aromatic heterocycles. The van der Waals surface area contributed by atoms with Gasteiger partial charge in [-0.1, -0.05) is 12.1 Å². The molecule has 0 aliphatic carbocycles. The zero-order valence-electron chi connectivity index (χ0n) is 12.1. The van der Waals surface area contributed by atoms with Crippen molar-refractivity contribution in [1.29, 1.82) is 0 Å². The Bertz CT molecular complexity index is 432. The molecular formula is C15H23FN2O. The summed E-state index contributed by atoms with van der Waals surface area (Å²) in [5.41, 5.74) is 5.77. The molecule has 0 saturated carbocycles. The Morgan fingerprint density at radius 1 is 1.21 bits per heavy atom. The minimum Gasteiger partial charge on any atom is -0.355 e. The molecule has 1 aromatic carbocycles. The van der Waals surface area contributed by atoms with Crippen LogP contribution in [-0.2, 0) is 11.2 Å². The van der Waals surface area contributed by atoms with Crippen LogP contribution >= 0.6 is 0 Å². The highest BCUT2D eigenvalue weighted by Gasteiger charge is 2.40. The summed E-state index contributed by atoms with van der Waals surface area (Å²) in [6.45, 7) is 7.86. The van der Waals surface area contributed by atoms with Gasteiger partial charge in [0.15, 0.2) is 0 Å². The predicted octanol–water partition coefficient (Wildman–Crippen LogP) is 2.25. The van der Waals surface area contributed by atoms with Crippen molar-refractivity contribution < 1.29 is 9.18 Å². The summed E-state index contributed by atoms with van der Waals surface area (Å²) in [6, 6.07) is 6.28. The first kappa shape index (κ1) is 15.6. The third-order valence-electron chi connectivity index (χ3n) is 3.79. The van der Waals surface area contributed by atoms with Gasteiger partial charge in [-0.3, -0.25) is 4.79 Å². The number of carbonyl (C=O) groups excluding carboxylic acids is 1. The second-order valence-electron chi connectivity index (χ2n) is 5.98. The molecule has 3 N–H and O–H groups in total. The third kappa shape index (κ3) is 4.03. The SMILES string of the molecule is CC(C)(N)C(C)(C)C(=O)NCCc1ccc(F)cc1. The van der Waals surface area contributed by atoms with Crippen molar-refractivity contribution >= 4 is 5.91 Å². The van der Waals surface area contributed by atoms with Gasteiger partial charge in [-0.2, -0.15) is 0 Å². The quantitative estimate of drug-likeness (QED) is 0.859. The van der Waals surface area contributed by atoms with E-state index >= 15 is 0 Å². The zero-order chi connectivity index (χ0) is 14.7. The van der Waals surface area contributed by atoms with E-state index in [0.29, 0.717) is 13.0 Å². The van der Waals surface area contributed by atoms with E-state index in [2.05, 4.69) is 5.32 Å². The molecule has 0 aliphatic heterocycles. The summed E-state index contributed by atoms with van der Waals surface area (Å²) in [7, 11) is 0. The fourth-order valence-electron chi connectivity index (χ4n) is 1.49. The van der Waals surface area contributed by atoms with Crippen molar-refractivity contribution in [3.8, 4) is 0 Å². The highest BCUT2D eigenvalue weighted by atomic mass is 19.1. The molecular weight excluding hydrogens is 243 g/mol. The lowest BCUT2D eigenvalue weighted by Gasteiger charge is -2.36. The topological polar surface area (TPSA) is 55.1 Å². The molecule has 0 saturated heterocycles. The Morgan fingerprint density at radius 3 is 2.21 bits per heavy atom. The number of nitrogens with one attached hydrogen (secondary N) is 1. The number of nitrogens with two attached hydrogens (primary N) is 1. The van der Waals surface area contributed by atoms with Crippen LogP contribution in [0.5, 0.6) is 0 Å². The third-order valence-corrected chi connectivity index (χ3v) is 3.79. The minimum absolute atomic E-state index is 0.0675. The molecule has 1 amide bonds. The first-order valence-electron chi connectivity index (χ1n) is 6.46. The van der Waals surface area contributed by atoms with Crippen molar-refractivity contribution in [2.75, 3.05) is 6.54 Å². The van der Waals surface area contributed by atoms with Gasteiger partial charge in [-0.05, 0) is 51.8 Å². The lowest BCUT2D eigenvalue weighted by molar-refractivity contribution is -0.132. The van der Waals surface area contributed by atoms with Crippen LogP contribution in [0.15, 0.2) is 24.3 Å². The summed E-state index contributed by atoms with van der Waals surface area (Å²) >= 11 is 0. The van der Waals surface area contributed by atoms with Crippen LogP contribution in [-0.4, -0.2) is 18.0 Å². The van der Waals surface area contributed by atoms with E-state index in [0.717, 1.165) is 5.56 Å². The van der Waals surface area contributed by atoms with E-state index in [1.165, 1.54) is 12.1 Å². The van der Waals surface area contributed by atoms with Gasteiger partial charge in [0, 0.05) is 12.1 Å². The van der Waals surface area contributed by atoms with Gasteiger partial charge in [-0.15, -0.1) is 0 Å². The Labute approximate surface area is 114 Å². The van der Waals surface area contributed by atoms with Crippen LogP contribution in [0.3, 0.4) is 0 Å². The molecule has 0 bridgehead atoms. The Morgan fingerprint density at radius 2 is 1.74 bits per heavy atom. The maximum atomic E-state index is 12.7. The van der Waals surface area contributed by atoms with E-state index < -0.39 is 11.0 Å². The fraction of sp³-hybridized carbons (Fsp3) is 0.533. The molecule has 1 rings (SSSR count). The monoisotopic (exact) mass is 266 g/mol. The first-order chi connectivity index (χ1) is 8.64. The molecule has 19 heavy (non-hydrogen) atoms. The number of halogens is 1. The number of hydrogen-bond donors (Lipinski definition) is 2. The van der Waals surface area contributed by atoms with Crippen molar-refractivity contribution in [2.45, 2.75) is 39.7 Å². The maximum Gasteiger partial charge on any atom is 0.227 e. The van der Waals surface area contributed by atoms with Crippen LogP contribution in [0, 0.1) is 11.2 Å². The van der Waals surface area contributed by atoms with Crippen LogP contribution < -0.4 is 11.1 Å². The van der Waals surface area contributed by atoms with Crippen LogP contribution in [0.4, 0.5) is 4.39 Å². The summed E-state index contributed by atoms with van der Waals surface area (Å²) in [4.78, 5) is 12.1. The normalized spacial score (nSPS) is 12.3. The van der Waals surface area contributed by atoms with Gasteiger partial charge in [-0.25, -0.2) is 4.39 Å². The molecule has 0 atom stereocenters. The average molecular weight is 266 g/mol. The van der Waals surface area contributed by atoms with Gasteiger partial charge >= 0.3 is 0 Å². The number of hydrogen-bond acceptors (Lipinski definition) is 2. The molecule has 106 valence electrons. The zero-order valence-corrected chi connectivity index (χ0v) is 12.1. The molecule has 0 unspecified atom stereocenters. The van der Waals surface area contributed by atoms with E-state index in [1.54, 1.807) is 12.1 Å². The van der Waals surface area contributed by atoms with Crippen molar-refractivity contribution in [1.82, 2.24) is 5.32 Å². The largest absolute Gasteiger partial charge is 0.355 e. The number of amides is 1. The van der Waals surface area contributed by atoms with Gasteiger partial charge in [0.05, 0.1) is 5.41 Å². The Kier molecular flexibility index (Phi) is 4.69. The number of rotatable bonds is 5. The van der Waals surface area contributed by atoms with Gasteiger partial charge in [0.2, 0.25) is 5.91 Å². The molecule has 0 fully saturated rings. The van der Waals surface area contributed by atoms with Gasteiger partial charge < -0.3 is 11.1 Å². The van der Waals surface area contributed by atoms with E-state index in [4.69, 9.17) is 5.73 Å². The average Bonchev–Trinajstić information content (AvgIpc) is 2.30. The molecule has 0 aliphatic rings. The number of carbonyl (C=O) groups is 1. The summed E-state index contributed by atoms with van der Waals surface area (Å²) in [5.74, 6) is -0.319. The van der Waals surface area contributed by atoms with Crippen molar-refractivity contribution in [3.05, 3.63) is 35.6 Å². The van der Waals surface area contributed by atoms with E-state index in [9.17, 15) is 9.18 Å². The lowest BCUT2D eigenvalue weighted by atomic mass is 9.74. The van der Waals surface area contributed by atoms with E-state index in [1.807, 2.05) is 27.7 Å².